The van der Waals surface area contributed by atoms with E-state index in [1.165, 1.54) is 17.0 Å². The number of rotatable bonds is 4. The molecule has 0 unspecified atom stereocenters. The van der Waals surface area contributed by atoms with Crippen molar-refractivity contribution in [3.8, 4) is 0 Å². The van der Waals surface area contributed by atoms with Gasteiger partial charge < -0.3 is 0 Å². The number of hydrogen-bond acceptors (Lipinski definition) is 4. The zero-order valence-corrected chi connectivity index (χ0v) is 24.3. The number of nitrogens with zero attached hydrogens (tertiary/aromatic N) is 2. The maximum absolute atomic E-state index is 14.4. The normalized spacial score (nSPS) is 23.9. The Kier molecular flexibility index (Phi) is 6.15. The first-order valence-corrected chi connectivity index (χ1v) is 14.5. The fraction of sp³-hybridized carbons (Fsp3) is 0.125. The first kappa shape index (κ1) is 26.1. The van der Waals surface area contributed by atoms with Crippen LogP contribution in [-0.2, 0) is 15.0 Å². The molecule has 0 aromatic heterocycles. The molecule has 4 aromatic carbocycles. The van der Waals surface area contributed by atoms with Crippen molar-refractivity contribution >= 4 is 68.8 Å². The van der Waals surface area contributed by atoms with Crippen molar-refractivity contribution in [1.29, 1.82) is 0 Å². The minimum Gasteiger partial charge on any atom is -0.274 e. The summed E-state index contributed by atoms with van der Waals surface area (Å²) < 4.78 is 0.845. The lowest BCUT2D eigenvalue weighted by Gasteiger charge is -2.52. The summed E-state index contributed by atoms with van der Waals surface area (Å²) in [6.07, 6.45) is 1.62. The molecule has 1 fully saturated rings. The van der Waals surface area contributed by atoms with Gasteiger partial charge in [-0.3, -0.25) is 14.4 Å². The van der Waals surface area contributed by atoms with Gasteiger partial charge in [-0.05, 0) is 64.7 Å². The molecule has 4 aromatic rings. The van der Waals surface area contributed by atoms with Crippen LogP contribution in [0.4, 0.5) is 5.69 Å². The summed E-state index contributed by atoms with van der Waals surface area (Å²) in [7, 11) is 0. The third-order valence-electron chi connectivity index (χ3n) is 8.38. The second-order valence-corrected chi connectivity index (χ2v) is 12.1. The standard InChI is InChI=1S/C32H20BrCl2N3O3/c33-17-9-12-19(13-10-17)38-30(40)27-26-20-5-1-3-7-23(20)32(28(27)31(38)41,24-8-4-2-6-21(24)26)16-36-37-29(39)22-14-11-18(34)15-25(22)35/h1-16,26-28H,(H,37,39)/b36-16+/t26?,27-,28-,32?/m1/s1. The van der Waals surface area contributed by atoms with E-state index in [1.807, 2.05) is 60.7 Å². The highest BCUT2D eigenvalue weighted by molar-refractivity contribution is 9.10. The van der Waals surface area contributed by atoms with E-state index in [0.717, 1.165) is 26.7 Å². The third kappa shape index (κ3) is 3.76. The Labute approximate surface area is 254 Å². The quantitative estimate of drug-likeness (QED) is 0.152. The molecule has 1 N–H and O–H groups in total. The molecule has 3 aliphatic carbocycles. The van der Waals surface area contributed by atoms with Crippen molar-refractivity contribution in [3.63, 3.8) is 0 Å². The number of carbonyl (C=O) groups is 3. The molecule has 6 nitrogen and oxygen atoms in total. The van der Waals surface area contributed by atoms with Crippen molar-refractivity contribution in [1.82, 2.24) is 5.43 Å². The first-order valence-electron chi connectivity index (χ1n) is 12.9. The van der Waals surface area contributed by atoms with Gasteiger partial charge in [-0.2, -0.15) is 5.10 Å². The summed E-state index contributed by atoms with van der Waals surface area (Å²) in [5.41, 5.74) is 5.96. The predicted octanol–water partition coefficient (Wildman–Crippen LogP) is 6.72. The van der Waals surface area contributed by atoms with Crippen LogP contribution in [0.25, 0.3) is 0 Å². The molecule has 8 rings (SSSR count). The second-order valence-electron chi connectivity index (χ2n) is 10.3. The molecular formula is C32H20BrCl2N3O3. The molecule has 0 radical (unpaired) electrons. The Morgan fingerprint density at radius 1 is 0.878 bits per heavy atom. The zero-order valence-electron chi connectivity index (χ0n) is 21.2. The molecule has 1 aliphatic heterocycles. The van der Waals surface area contributed by atoms with Crippen molar-refractivity contribution in [2.24, 2.45) is 16.9 Å². The summed E-state index contributed by atoms with van der Waals surface area (Å²) in [6.45, 7) is 0. The number of halogens is 3. The molecule has 1 saturated heterocycles. The van der Waals surface area contributed by atoms with Crippen LogP contribution in [0.3, 0.4) is 0 Å². The van der Waals surface area contributed by atoms with E-state index in [0.29, 0.717) is 10.7 Å². The SMILES string of the molecule is O=C(N/N=C/C12c3ccccc3C(c3ccccc31)[C@H]1C(=O)N(c3ccc(Br)cc3)C(=O)[C@@H]12)c1ccc(Cl)cc1Cl. The summed E-state index contributed by atoms with van der Waals surface area (Å²) in [4.78, 5) is 42.9. The van der Waals surface area contributed by atoms with E-state index >= 15 is 0 Å². The van der Waals surface area contributed by atoms with Crippen LogP contribution >= 0.6 is 39.1 Å². The van der Waals surface area contributed by atoms with E-state index < -0.39 is 23.2 Å². The Hall–Kier alpha value is -3.78. The summed E-state index contributed by atoms with van der Waals surface area (Å²) in [5, 5.41) is 5.03. The second kappa shape index (κ2) is 9.65. The molecule has 3 amide bonds. The lowest BCUT2D eigenvalue weighted by Crippen LogP contribution is -2.54. The lowest BCUT2D eigenvalue weighted by atomic mass is 9.47. The highest BCUT2D eigenvalue weighted by Gasteiger charge is 2.68. The van der Waals surface area contributed by atoms with Crippen molar-refractivity contribution in [2.75, 3.05) is 4.90 Å². The average Bonchev–Trinajstić information content (AvgIpc) is 3.24. The van der Waals surface area contributed by atoms with Gasteiger partial charge in [-0.25, -0.2) is 10.3 Å². The maximum atomic E-state index is 14.4. The lowest BCUT2D eigenvalue weighted by molar-refractivity contribution is -0.122. The highest BCUT2D eigenvalue weighted by Crippen LogP contribution is 2.63. The topological polar surface area (TPSA) is 78.8 Å². The van der Waals surface area contributed by atoms with Crippen LogP contribution < -0.4 is 10.3 Å². The minimum absolute atomic E-state index is 0.194. The Morgan fingerprint density at radius 3 is 2.15 bits per heavy atom. The summed E-state index contributed by atoms with van der Waals surface area (Å²) in [5.74, 6) is -2.74. The molecule has 2 atom stereocenters. The van der Waals surface area contributed by atoms with Gasteiger partial charge in [0.1, 0.15) is 0 Å². The van der Waals surface area contributed by atoms with Gasteiger partial charge in [0, 0.05) is 21.6 Å². The van der Waals surface area contributed by atoms with Crippen LogP contribution in [0, 0.1) is 11.8 Å². The average molecular weight is 645 g/mol. The first-order chi connectivity index (χ1) is 19.8. The van der Waals surface area contributed by atoms with Crippen LogP contribution in [0.2, 0.25) is 10.0 Å². The van der Waals surface area contributed by atoms with E-state index in [2.05, 4.69) is 26.5 Å². The van der Waals surface area contributed by atoms with E-state index in [1.54, 1.807) is 24.4 Å². The smallest absolute Gasteiger partial charge is 0.272 e. The number of imide groups is 1. The Balaban J connectivity index is 1.39. The fourth-order valence-electron chi connectivity index (χ4n) is 6.82. The number of anilines is 1. The van der Waals surface area contributed by atoms with Gasteiger partial charge in [0.15, 0.2) is 0 Å². The zero-order chi connectivity index (χ0) is 28.5. The number of nitrogens with one attached hydrogen (secondary N) is 1. The van der Waals surface area contributed by atoms with Crippen LogP contribution in [0.15, 0.2) is 101 Å². The van der Waals surface area contributed by atoms with Crippen molar-refractivity contribution in [2.45, 2.75) is 11.3 Å². The molecular weight excluding hydrogens is 625 g/mol. The summed E-state index contributed by atoms with van der Waals surface area (Å²) >= 11 is 15.7. The highest BCUT2D eigenvalue weighted by atomic mass is 79.9. The Bertz CT molecular complexity index is 1760. The van der Waals surface area contributed by atoms with Gasteiger partial charge in [-0.15, -0.1) is 0 Å². The molecule has 202 valence electrons. The monoisotopic (exact) mass is 643 g/mol. The summed E-state index contributed by atoms with van der Waals surface area (Å²) in [6, 6.07) is 27.5. The molecule has 0 saturated carbocycles. The van der Waals surface area contributed by atoms with E-state index in [-0.39, 0.29) is 28.3 Å². The fourth-order valence-corrected chi connectivity index (χ4v) is 7.58. The molecule has 0 spiro atoms. The minimum atomic E-state index is -1.10. The van der Waals surface area contributed by atoms with Crippen molar-refractivity contribution in [3.05, 3.63) is 133 Å². The molecule has 1 heterocycles. The van der Waals surface area contributed by atoms with Gasteiger partial charge >= 0.3 is 0 Å². The maximum Gasteiger partial charge on any atom is 0.272 e. The van der Waals surface area contributed by atoms with Gasteiger partial charge in [0.25, 0.3) is 5.91 Å². The van der Waals surface area contributed by atoms with Crippen molar-refractivity contribution < 1.29 is 14.4 Å². The van der Waals surface area contributed by atoms with Gasteiger partial charge in [0.2, 0.25) is 11.8 Å². The number of carbonyl (C=O) groups excluding carboxylic acids is 3. The number of hydrazone groups is 1. The van der Waals surface area contributed by atoms with Crippen LogP contribution in [0.1, 0.15) is 38.5 Å². The Morgan fingerprint density at radius 2 is 1.51 bits per heavy atom. The van der Waals surface area contributed by atoms with Crippen LogP contribution in [0.5, 0.6) is 0 Å². The van der Waals surface area contributed by atoms with Crippen LogP contribution in [-0.4, -0.2) is 23.9 Å². The predicted molar refractivity (Wildman–Crippen MR) is 162 cm³/mol. The van der Waals surface area contributed by atoms with Gasteiger partial charge in [0.05, 0.1) is 33.5 Å². The third-order valence-corrected chi connectivity index (χ3v) is 9.46. The number of amides is 3. The molecule has 9 heteroatoms. The van der Waals surface area contributed by atoms with Gasteiger partial charge in [-0.1, -0.05) is 87.7 Å². The molecule has 41 heavy (non-hydrogen) atoms. The molecule has 2 bridgehead atoms. The van der Waals surface area contributed by atoms with E-state index in [4.69, 9.17) is 23.2 Å². The largest absolute Gasteiger partial charge is 0.274 e. The molecule has 4 aliphatic rings. The number of benzene rings is 4. The number of hydrogen-bond donors (Lipinski definition) is 1. The van der Waals surface area contributed by atoms with E-state index in [9.17, 15) is 14.4 Å².